The Kier molecular flexibility index (Phi) is 3.89. The third-order valence-corrected chi connectivity index (χ3v) is 5.63. The van der Waals surface area contributed by atoms with Crippen molar-refractivity contribution in [1.82, 2.24) is 5.32 Å². The fraction of sp³-hybridized carbons (Fsp3) is 0.200. The maximum Gasteiger partial charge on any atom is 0.0931 e. The van der Waals surface area contributed by atoms with Gasteiger partial charge in [-0.15, -0.1) is 22.7 Å². The van der Waals surface area contributed by atoms with Gasteiger partial charge in [0.05, 0.1) is 4.34 Å². The van der Waals surface area contributed by atoms with Crippen molar-refractivity contribution in [2.45, 2.75) is 12.5 Å². The van der Waals surface area contributed by atoms with Crippen LogP contribution in [0.25, 0.3) is 10.1 Å². The molecule has 1 atom stereocenters. The molecule has 0 aliphatic heterocycles. The molecule has 98 valence electrons. The molecule has 0 bridgehead atoms. The van der Waals surface area contributed by atoms with E-state index in [4.69, 9.17) is 11.6 Å². The van der Waals surface area contributed by atoms with E-state index in [0.717, 1.165) is 10.8 Å². The van der Waals surface area contributed by atoms with Crippen LogP contribution in [0.2, 0.25) is 4.34 Å². The molecule has 0 spiro atoms. The van der Waals surface area contributed by atoms with Crippen molar-refractivity contribution in [1.29, 1.82) is 0 Å². The van der Waals surface area contributed by atoms with Crippen molar-refractivity contribution < 1.29 is 0 Å². The largest absolute Gasteiger partial charge is 0.312 e. The van der Waals surface area contributed by atoms with E-state index in [2.05, 4.69) is 41.0 Å². The second-order valence-corrected chi connectivity index (χ2v) is 7.10. The van der Waals surface area contributed by atoms with Gasteiger partial charge in [0.25, 0.3) is 0 Å². The number of likely N-dealkylation sites (N-methyl/N-ethyl adjacent to an activating group) is 1. The Morgan fingerprint density at radius 1 is 1.21 bits per heavy atom. The fourth-order valence-electron chi connectivity index (χ4n) is 2.27. The van der Waals surface area contributed by atoms with Crippen LogP contribution in [-0.4, -0.2) is 7.05 Å². The normalized spacial score (nSPS) is 12.9. The van der Waals surface area contributed by atoms with E-state index in [9.17, 15) is 0 Å². The summed E-state index contributed by atoms with van der Waals surface area (Å²) < 4.78 is 2.21. The number of halogens is 1. The van der Waals surface area contributed by atoms with Crippen LogP contribution in [0.15, 0.2) is 41.8 Å². The highest BCUT2D eigenvalue weighted by Crippen LogP contribution is 2.32. The topological polar surface area (TPSA) is 12.0 Å². The molecule has 19 heavy (non-hydrogen) atoms. The fourth-order valence-corrected chi connectivity index (χ4v) is 4.42. The Hall–Kier alpha value is -0.870. The van der Waals surface area contributed by atoms with Gasteiger partial charge in [0.2, 0.25) is 0 Å². The van der Waals surface area contributed by atoms with Gasteiger partial charge < -0.3 is 5.32 Å². The summed E-state index contributed by atoms with van der Waals surface area (Å²) in [6.07, 6.45) is 0.997. The number of benzene rings is 1. The SMILES string of the molecule is CNC(Cc1csc2ccccc12)c1ccc(Cl)s1. The number of fused-ring (bicyclic) bond motifs is 1. The Bertz CT molecular complexity index is 686. The van der Waals surface area contributed by atoms with E-state index < -0.39 is 0 Å². The van der Waals surface area contributed by atoms with Crippen LogP contribution in [0.1, 0.15) is 16.5 Å². The molecule has 3 aromatic rings. The number of hydrogen-bond acceptors (Lipinski definition) is 3. The summed E-state index contributed by atoms with van der Waals surface area (Å²) in [5, 5.41) is 7.03. The molecule has 1 aromatic carbocycles. The maximum atomic E-state index is 6.03. The summed E-state index contributed by atoms with van der Waals surface area (Å²) in [4.78, 5) is 1.29. The molecule has 0 aliphatic rings. The first-order valence-electron chi connectivity index (χ1n) is 6.15. The van der Waals surface area contributed by atoms with Crippen LogP contribution in [0.5, 0.6) is 0 Å². The summed E-state index contributed by atoms with van der Waals surface area (Å²) in [5.74, 6) is 0. The van der Waals surface area contributed by atoms with Gasteiger partial charge in [0.15, 0.2) is 0 Å². The average molecular weight is 308 g/mol. The van der Waals surface area contributed by atoms with Gasteiger partial charge in [-0.3, -0.25) is 0 Å². The Morgan fingerprint density at radius 2 is 2.05 bits per heavy atom. The minimum Gasteiger partial charge on any atom is -0.312 e. The minimum atomic E-state index is 0.329. The summed E-state index contributed by atoms with van der Waals surface area (Å²) >= 11 is 9.50. The lowest BCUT2D eigenvalue weighted by Gasteiger charge is -2.14. The molecule has 1 N–H and O–H groups in total. The highest BCUT2D eigenvalue weighted by molar-refractivity contribution is 7.17. The summed E-state index contributed by atoms with van der Waals surface area (Å²) in [5.41, 5.74) is 1.41. The molecule has 1 unspecified atom stereocenters. The van der Waals surface area contributed by atoms with Gasteiger partial charge in [0, 0.05) is 15.6 Å². The molecule has 2 aromatic heterocycles. The average Bonchev–Trinajstić information content (AvgIpc) is 3.03. The highest BCUT2D eigenvalue weighted by Gasteiger charge is 2.14. The Morgan fingerprint density at radius 3 is 2.79 bits per heavy atom. The molecule has 0 aliphatic carbocycles. The van der Waals surface area contributed by atoms with Crippen LogP contribution in [0, 0.1) is 0 Å². The molecule has 0 radical (unpaired) electrons. The third kappa shape index (κ3) is 2.70. The molecule has 2 heterocycles. The number of nitrogens with one attached hydrogen (secondary N) is 1. The van der Waals surface area contributed by atoms with Gasteiger partial charge in [-0.25, -0.2) is 0 Å². The van der Waals surface area contributed by atoms with Gasteiger partial charge in [-0.05, 0) is 48.0 Å². The van der Waals surface area contributed by atoms with E-state index in [-0.39, 0.29) is 0 Å². The van der Waals surface area contributed by atoms with Gasteiger partial charge in [0.1, 0.15) is 0 Å². The van der Waals surface area contributed by atoms with E-state index >= 15 is 0 Å². The van der Waals surface area contributed by atoms with Crippen molar-refractivity contribution in [3.05, 3.63) is 56.6 Å². The summed E-state index contributed by atoms with van der Waals surface area (Å²) in [6, 6.07) is 13.0. The molecule has 4 heteroatoms. The molecule has 1 nitrogen and oxygen atoms in total. The van der Waals surface area contributed by atoms with Gasteiger partial charge in [-0.2, -0.15) is 0 Å². The van der Waals surface area contributed by atoms with E-state index in [1.165, 1.54) is 20.5 Å². The third-order valence-electron chi connectivity index (χ3n) is 3.27. The van der Waals surface area contributed by atoms with Crippen LogP contribution >= 0.6 is 34.3 Å². The Labute approximate surface area is 125 Å². The maximum absolute atomic E-state index is 6.03. The van der Waals surface area contributed by atoms with E-state index in [1.54, 1.807) is 11.3 Å². The first-order valence-corrected chi connectivity index (χ1v) is 8.23. The minimum absolute atomic E-state index is 0.329. The zero-order valence-corrected chi connectivity index (χ0v) is 12.9. The quantitative estimate of drug-likeness (QED) is 0.705. The predicted octanol–water partition coefficient (Wildman–Crippen LogP) is 5.12. The number of thiophene rings is 2. The summed E-state index contributed by atoms with van der Waals surface area (Å²) in [7, 11) is 2.01. The van der Waals surface area contributed by atoms with Crippen molar-refractivity contribution in [3.63, 3.8) is 0 Å². The smallest absolute Gasteiger partial charge is 0.0931 e. The molecular weight excluding hydrogens is 294 g/mol. The second-order valence-electron chi connectivity index (χ2n) is 4.44. The zero-order chi connectivity index (χ0) is 13.2. The summed E-state index contributed by atoms with van der Waals surface area (Å²) in [6.45, 7) is 0. The van der Waals surface area contributed by atoms with Crippen LogP contribution in [0.3, 0.4) is 0 Å². The lowest BCUT2D eigenvalue weighted by molar-refractivity contribution is 0.605. The standard InChI is InChI=1S/C15H14ClNS2/c1-17-12(14-6-7-15(16)19-14)8-10-9-18-13-5-3-2-4-11(10)13/h2-7,9,12,17H,8H2,1H3. The van der Waals surface area contributed by atoms with Gasteiger partial charge in [-0.1, -0.05) is 29.8 Å². The van der Waals surface area contributed by atoms with Crippen molar-refractivity contribution in [2.24, 2.45) is 0 Å². The molecule has 0 amide bonds. The van der Waals surface area contributed by atoms with Crippen LogP contribution in [-0.2, 0) is 6.42 Å². The zero-order valence-electron chi connectivity index (χ0n) is 10.5. The first kappa shape index (κ1) is 13.1. The Balaban J connectivity index is 1.90. The van der Waals surface area contributed by atoms with Crippen LogP contribution in [0.4, 0.5) is 0 Å². The van der Waals surface area contributed by atoms with E-state index in [0.29, 0.717) is 6.04 Å². The highest BCUT2D eigenvalue weighted by atomic mass is 35.5. The predicted molar refractivity (Wildman–Crippen MR) is 86.7 cm³/mol. The molecule has 0 saturated carbocycles. The molecular formula is C15H14ClNS2. The van der Waals surface area contributed by atoms with Crippen molar-refractivity contribution in [3.8, 4) is 0 Å². The number of hydrogen-bond donors (Lipinski definition) is 1. The van der Waals surface area contributed by atoms with Gasteiger partial charge >= 0.3 is 0 Å². The number of rotatable bonds is 4. The van der Waals surface area contributed by atoms with Crippen LogP contribution < -0.4 is 5.32 Å². The second kappa shape index (κ2) is 5.63. The van der Waals surface area contributed by atoms with E-state index in [1.807, 2.05) is 24.5 Å². The molecule has 3 rings (SSSR count). The lowest BCUT2D eigenvalue weighted by atomic mass is 10.0. The van der Waals surface area contributed by atoms with Crippen molar-refractivity contribution in [2.75, 3.05) is 7.05 Å². The molecule has 0 fully saturated rings. The first-order chi connectivity index (χ1) is 9.28. The monoisotopic (exact) mass is 307 g/mol. The van der Waals surface area contributed by atoms with Crippen molar-refractivity contribution >= 4 is 44.4 Å². The lowest BCUT2D eigenvalue weighted by Crippen LogP contribution is -2.17. The molecule has 0 saturated heterocycles.